The third kappa shape index (κ3) is 4.79. The Morgan fingerprint density at radius 2 is 1.68 bits per heavy atom. The molecule has 3 aromatic carbocycles. The zero-order valence-electron chi connectivity index (χ0n) is 21.6. The number of aromatic amines is 1. The van der Waals surface area contributed by atoms with E-state index in [0.29, 0.717) is 17.8 Å². The van der Waals surface area contributed by atoms with E-state index in [2.05, 4.69) is 20.6 Å². The SMILES string of the molecule is C[C@@H](c1c(F)cc(F)cc1F)n1cc(C(C)(C)NC(=O)c2ccc3c(=O)n(-c4ccccc4)c(=O)[nH]c3c2)nn1. The second-order valence-corrected chi connectivity index (χ2v) is 9.79. The average molecular weight is 549 g/mol. The van der Waals surface area contributed by atoms with Crippen molar-refractivity contribution in [3.63, 3.8) is 0 Å². The van der Waals surface area contributed by atoms with Crippen molar-refractivity contribution in [2.75, 3.05) is 0 Å². The summed E-state index contributed by atoms with van der Waals surface area (Å²) in [5.74, 6) is -3.68. The number of halogens is 3. The molecule has 12 heteroatoms. The highest BCUT2D eigenvalue weighted by Gasteiger charge is 2.29. The Hall–Kier alpha value is -5.00. The van der Waals surface area contributed by atoms with Crippen LogP contribution < -0.4 is 16.6 Å². The summed E-state index contributed by atoms with van der Waals surface area (Å²) in [5, 5.41) is 11.0. The molecular formula is C28H23F3N6O3. The van der Waals surface area contributed by atoms with Gasteiger partial charge in [-0.05, 0) is 51.1 Å². The van der Waals surface area contributed by atoms with E-state index in [1.165, 1.54) is 36.0 Å². The van der Waals surface area contributed by atoms with Crippen molar-refractivity contribution < 1.29 is 18.0 Å². The van der Waals surface area contributed by atoms with Crippen LogP contribution in [0.2, 0.25) is 0 Å². The zero-order chi connectivity index (χ0) is 28.8. The quantitative estimate of drug-likeness (QED) is 0.333. The molecule has 5 aromatic rings. The summed E-state index contributed by atoms with van der Waals surface area (Å²) in [7, 11) is 0. The van der Waals surface area contributed by atoms with E-state index in [0.717, 1.165) is 4.57 Å². The van der Waals surface area contributed by atoms with E-state index in [4.69, 9.17) is 0 Å². The van der Waals surface area contributed by atoms with Gasteiger partial charge in [-0.1, -0.05) is 23.4 Å². The van der Waals surface area contributed by atoms with Gasteiger partial charge in [-0.25, -0.2) is 27.2 Å². The number of nitrogens with zero attached hydrogens (tertiary/aromatic N) is 4. The molecule has 0 unspecified atom stereocenters. The van der Waals surface area contributed by atoms with Gasteiger partial charge < -0.3 is 10.3 Å². The standard InChI is InChI=1S/C28H23F3N6O3/c1-15(24-20(30)12-17(29)13-21(24)31)36-14-23(34-35-36)28(2,3)33-25(38)16-9-10-19-22(11-16)32-27(40)37(26(19)39)18-7-5-4-6-8-18/h4-15H,1-3H3,(H,32,40)(H,33,38)/t15-/m0/s1. The van der Waals surface area contributed by atoms with Crippen LogP contribution in [-0.2, 0) is 5.54 Å². The van der Waals surface area contributed by atoms with Crippen LogP contribution in [0, 0.1) is 17.5 Å². The van der Waals surface area contributed by atoms with E-state index in [1.54, 1.807) is 44.2 Å². The maximum Gasteiger partial charge on any atom is 0.333 e. The normalized spacial score (nSPS) is 12.4. The summed E-state index contributed by atoms with van der Waals surface area (Å²) in [4.78, 5) is 41.5. The van der Waals surface area contributed by atoms with Crippen LogP contribution in [0.4, 0.5) is 13.2 Å². The second kappa shape index (κ2) is 9.95. The minimum absolute atomic E-state index is 0.171. The molecule has 2 heterocycles. The van der Waals surface area contributed by atoms with Gasteiger partial charge >= 0.3 is 5.69 Å². The third-order valence-electron chi connectivity index (χ3n) is 6.61. The van der Waals surface area contributed by atoms with Crippen molar-refractivity contribution in [2.45, 2.75) is 32.4 Å². The van der Waals surface area contributed by atoms with Gasteiger partial charge in [0.1, 0.15) is 23.1 Å². The number of carbonyl (C=O) groups is 1. The molecule has 0 aliphatic carbocycles. The molecule has 204 valence electrons. The Labute approximate surface area is 224 Å². The molecule has 1 amide bonds. The fraction of sp³-hybridized carbons (Fsp3) is 0.179. The monoisotopic (exact) mass is 548 g/mol. The summed E-state index contributed by atoms with van der Waals surface area (Å²) >= 11 is 0. The molecule has 0 aliphatic rings. The highest BCUT2D eigenvalue weighted by atomic mass is 19.1. The number of hydrogen-bond acceptors (Lipinski definition) is 5. The highest BCUT2D eigenvalue weighted by molar-refractivity contribution is 5.98. The van der Waals surface area contributed by atoms with Crippen LogP contribution in [-0.4, -0.2) is 30.5 Å². The first-order valence-electron chi connectivity index (χ1n) is 12.2. The topological polar surface area (TPSA) is 115 Å². The molecule has 0 radical (unpaired) electrons. The van der Waals surface area contributed by atoms with Crippen LogP contribution in [0.5, 0.6) is 0 Å². The molecule has 40 heavy (non-hydrogen) atoms. The fourth-order valence-electron chi connectivity index (χ4n) is 4.43. The summed E-state index contributed by atoms with van der Waals surface area (Å²) in [6.45, 7) is 4.79. The summed E-state index contributed by atoms with van der Waals surface area (Å²) in [6.07, 6.45) is 1.43. The van der Waals surface area contributed by atoms with Crippen molar-refractivity contribution in [3.05, 3.63) is 122 Å². The number of H-pyrrole nitrogens is 1. The summed E-state index contributed by atoms with van der Waals surface area (Å²) < 4.78 is 44.1. The molecule has 9 nitrogen and oxygen atoms in total. The van der Waals surface area contributed by atoms with Crippen molar-refractivity contribution in [1.82, 2.24) is 29.9 Å². The van der Waals surface area contributed by atoms with Gasteiger partial charge in [0.25, 0.3) is 11.5 Å². The van der Waals surface area contributed by atoms with Gasteiger partial charge in [-0.2, -0.15) is 0 Å². The number of hydrogen-bond donors (Lipinski definition) is 2. The van der Waals surface area contributed by atoms with Gasteiger partial charge in [0.15, 0.2) is 0 Å². The van der Waals surface area contributed by atoms with E-state index in [9.17, 15) is 27.6 Å². The first-order chi connectivity index (χ1) is 19.0. The maximum absolute atomic E-state index is 14.3. The Balaban J connectivity index is 1.40. The van der Waals surface area contributed by atoms with E-state index >= 15 is 0 Å². The van der Waals surface area contributed by atoms with Gasteiger partial charge in [-0.3, -0.25) is 9.59 Å². The van der Waals surface area contributed by atoms with Gasteiger partial charge in [0, 0.05) is 23.3 Å². The predicted octanol–water partition coefficient (Wildman–Crippen LogP) is 3.96. The minimum atomic E-state index is -1.09. The lowest BCUT2D eigenvalue weighted by molar-refractivity contribution is 0.0910. The third-order valence-corrected chi connectivity index (χ3v) is 6.61. The Bertz CT molecular complexity index is 1860. The molecule has 0 spiro atoms. The van der Waals surface area contributed by atoms with Crippen LogP contribution in [0.25, 0.3) is 16.6 Å². The molecule has 5 rings (SSSR count). The maximum atomic E-state index is 14.3. The van der Waals surface area contributed by atoms with Gasteiger partial charge in [0.05, 0.1) is 34.4 Å². The number of benzene rings is 3. The second-order valence-electron chi connectivity index (χ2n) is 9.79. The number of amides is 1. The smallest absolute Gasteiger partial charge is 0.333 e. The van der Waals surface area contributed by atoms with Gasteiger partial charge in [-0.15, -0.1) is 5.10 Å². The minimum Gasteiger partial charge on any atom is -0.341 e. The number of para-hydroxylation sites is 1. The van der Waals surface area contributed by atoms with Crippen molar-refractivity contribution in [2.24, 2.45) is 0 Å². The van der Waals surface area contributed by atoms with Crippen LogP contribution in [0.15, 0.2) is 76.4 Å². The lowest BCUT2D eigenvalue weighted by atomic mass is 10.00. The lowest BCUT2D eigenvalue weighted by Gasteiger charge is -2.24. The lowest BCUT2D eigenvalue weighted by Crippen LogP contribution is -2.41. The van der Waals surface area contributed by atoms with Crippen LogP contribution in [0.1, 0.15) is 48.4 Å². The first-order valence-corrected chi connectivity index (χ1v) is 12.2. The molecular weight excluding hydrogens is 525 g/mol. The summed E-state index contributed by atoms with van der Waals surface area (Å²) in [6, 6.07) is 13.0. The van der Waals surface area contributed by atoms with Gasteiger partial charge in [0.2, 0.25) is 0 Å². The molecule has 0 aliphatic heterocycles. The molecule has 2 N–H and O–H groups in total. The number of carbonyl (C=O) groups excluding carboxylic acids is 1. The average Bonchev–Trinajstić information content (AvgIpc) is 3.40. The zero-order valence-corrected chi connectivity index (χ0v) is 21.6. The number of aromatic nitrogens is 5. The largest absolute Gasteiger partial charge is 0.341 e. The van der Waals surface area contributed by atoms with Crippen molar-refractivity contribution in [1.29, 1.82) is 0 Å². The molecule has 0 saturated heterocycles. The number of rotatable bonds is 6. The summed E-state index contributed by atoms with van der Waals surface area (Å²) in [5.41, 5.74) is -1.59. The predicted molar refractivity (Wildman–Crippen MR) is 141 cm³/mol. The number of fused-ring (bicyclic) bond motifs is 1. The highest BCUT2D eigenvalue weighted by Crippen LogP contribution is 2.26. The fourth-order valence-corrected chi connectivity index (χ4v) is 4.43. The molecule has 0 fully saturated rings. The van der Waals surface area contributed by atoms with E-state index < -0.39 is 46.2 Å². The van der Waals surface area contributed by atoms with Crippen LogP contribution >= 0.6 is 0 Å². The molecule has 0 bridgehead atoms. The Morgan fingerprint density at radius 1 is 1.00 bits per heavy atom. The van der Waals surface area contributed by atoms with Crippen LogP contribution in [0.3, 0.4) is 0 Å². The Kier molecular flexibility index (Phi) is 6.62. The van der Waals surface area contributed by atoms with E-state index in [-0.39, 0.29) is 27.7 Å². The molecule has 1 atom stereocenters. The number of nitrogens with one attached hydrogen (secondary N) is 2. The first kappa shape index (κ1) is 26.6. The molecule has 0 saturated carbocycles. The molecule has 2 aromatic heterocycles. The van der Waals surface area contributed by atoms with E-state index in [1.807, 2.05) is 0 Å². The van der Waals surface area contributed by atoms with Crippen molar-refractivity contribution in [3.8, 4) is 5.69 Å². The van der Waals surface area contributed by atoms with Crippen molar-refractivity contribution >= 4 is 16.8 Å². The Morgan fingerprint density at radius 3 is 2.35 bits per heavy atom.